The average Bonchev–Trinajstić information content (AvgIpc) is 3.17. The third kappa shape index (κ3) is 4.89. The summed E-state index contributed by atoms with van der Waals surface area (Å²) in [4.78, 5) is 12.4. The summed E-state index contributed by atoms with van der Waals surface area (Å²) in [5.41, 5.74) is 2.99. The zero-order valence-corrected chi connectivity index (χ0v) is 17.5. The topological polar surface area (TPSA) is 95.7 Å². The fourth-order valence-corrected chi connectivity index (χ4v) is 2.99. The molecule has 0 bridgehead atoms. The van der Waals surface area contributed by atoms with Crippen LogP contribution >= 0.6 is 0 Å². The standard InChI is InChI=1S/C22H25N3O5/c1-5-27-17-11-10-16(12-18(17)28-6-2)20-22(25-30-24-20)23-19(26)13-29-21-14(3)8-7-9-15(21)4/h7-12H,5-6,13H2,1-4H3,(H,23,25,26). The Balaban J connectivity index is 1.74. The van der Waals surface area contributed by atoms with Crippen molar-refractivity contribution >= 4 is 11.7 Å². The minimum atomic E-state index is -0.370. The molecule has 3 rings (SSSR count). The lowest BCUT2D eigenvalue weighted by molar-refractivity contribution is -0.118. The van der Waals surface area contributed by atoms with Gasteiger partial charge in [0.2, 0.25) is 5.82 Å². The van der Waals surface area contributed by atoms with Crippen molar-refractivity contribution in [2.24, 2.45) is 0 Å². The van der Waals surface area contributed by atoms with Gasteiger partial charge in [-0.3, -0.25) is 4.79 Å². The number of aryl methyl sites for hydroxylation is 2. The molecule has 0 aliphatic rings. The summed E-state index contributed by atoms with van der Waals surface area (Å²) in [6, 6.07) is 11.2. The van der Waals surface area contributed by atoms with Crippen LogP contribution in [0.4, 0.5) is 5.82 Å². The minimum absolute atomic E-state index is 0.161. The van der Waals surface area contributed by atoms with Crippen molar-refractivity contribution in [2.45, 2.75) is 27.7 Å². The highest BCUT2D eigenvalue weighted by Gasteiger charge is 2.18. The first-order valence-corrected chi connectivity index (χ1v) is 9.74. The lowest BCUT2D eigenvalue weighted by Gasteiger charge is -2.12. The van der Waals surface area contributed by atoms with Gasteiger partial charge in [0.1, 0.15) is 5.75 Å². The molecule has 0 saturated heterocycles. The van der Waals surface area contributed by atoms with E-state index in [-0.39, 0.29) is 18.3 Å². The van der Waals surface area contributed by atoms with Crippen LogP contribution in [0.25, 0.3) is 11.3 Å². The molecule has 0 aliphatic carbocycles. The highest BCUT2D eigenvalue weighted by atomic mass is 16.6. The van der Waals surface area contributed by atoms with Crippen LogP contribution in [0.3, 0.4) is 0 Å². The molecule has 0 aliphatic heterocycles. The highest BCUT2D eigenvalue weighted by Crippen LogP contribution is 2.34. The molecule has 0 atom stereocenters. The van der Waals surface area contributed by atoms with Crippen LogP contribution in [-0.2, 0) is 4.79 Å². The monoisotopic (exact) mass is 411 g/mol. The molecule has 1 N–H and O–H groups in total. The van der Waals surface area contributed by atoms with Crippen LogP contribution < -0.4 is 19.5 Å². The number of nitrogens with one attached hydrogen (secondary N) is 1. The molecule has 3 aromatic rings. The molecule has 0 fully saturated rings. The second kappa shape index (κ2) is 9.78. The summed E-state index contributed by atoms with van der Waals surface area (Å²) in [5.74, 6) is 1.74. The third-order valence-corrected chi connectivity index (χ3v) is 4.32. The van der Waals surface area contributed by atoms with E-state index in [1.807, 2.05) is 45.9 Å². The SMILES string of the molecule is CCOc1ccc(-c2nonc2NC(=O)COc2c(C)cccc2C)cc1OCC. The number of amides is 1. The van der Waals surface area contributed by atoms with Crippen molar-refractivity contribution in [1.82, 2.24) is 10.3 Å². The quantitative estimate of drug-likeness (QED) is 0.564. The van der Waals surface area contributed by atoms with Gasteiger partial charge in [-0.15, -0.1) is 0 Å². The number of hydrogen-bond acceptors (Lipinski definition) is 7. The summed E-state index contributed by atoms with van der Waals surface area (Å²) in [6.07, 6.45) is 0. The van der Waals surface area contributed by atoms with Crippen molar-refractivity contribution in [3.05, 3.63) is 47.5 Å². The smallest absolute Gasteiger partial charge is 0.263 e. The van der Waals surface area contributed by atoms with E-state index in [4.69, 9.17) is 18.8 Å². The van der Waals surface area contributed by atoms with E-state index < -0.39 is 0 Å². The molecule has 0 radical (unpaired) electrons. The summed E-state index contributed by atoms with van der Waals surface area (Å²) in [7, 11) is 0. The molecule has 8 heteroatoms. The van der Waals surface area contributed by atoms with Crippen molar-refractivity contribution in [2.75, 3.05) is 25.1 Å². The predicted molar refractivity (Wildman–Crippen MR) is 112 cm³/mol. The normalized spacial score (nSPS) is 10.5. The first kappa shape index (κ1) is 21.2. The Labute approximate surface area is 175 Å². The largest absolute Gasteiger partial charge is 0.490 e. The van der Waals surface area contributed by atoms with E-state index >= 15 is 0 Å². The van der Waals surface area contributed by atoms with Crippen LogP contribution in [0.5, 0.6) is 17.2 Å². The minimum Gasteiger partial charge on any atom is -0.490 e. The number of anilines is 1. The van der Waals surface area contributed by atoms with E-state index in [9.17, 15) is 4.79 Å². The van der Waals surface area contributed by atoms with Crippen LogP contribution in [0.15, 0.2) is 41.0 Å². The molecule has 0 saturated carbocycles. The van der Waals surface area contributed by atoms with Crippen LogP contribution in [0, 0.1) is 13.8 Å². The Morgan fingerprint density at radius 2 is 1.67 bits per heavy atom. The molecule has 1 amide bonds. The maximum Gasteiger partial charge on any atom is 0.263 e. The number of para-hydroxylation sites is 1. The van der Waals surface area contributed by atoms with Crippen molar-refractivity contribution < 1.29 is 23.6 Å². The van der Waals surface area contributed by atoms with Gasteiger partial charge in [-0.25, -0.2) is 4.63 Å². The fourth-order valence-electron chi connectivity index (χ4n) is 2.99. The van der Waals surface area contributed by atoms with Crippen LogP contribution in [0.1, 0.15) is 25.0 Å². The molecule has 0 spiro atoms. The molecular weight excluding hydrogens is 386 g/mol. The van der Waals surface area contributed by atoms with Gasteiger partial charge in [0.15, 0.2) is 23.8 Å². The average molecular weight is 411 g/mol. The maximum absolute atomic E-state index is 12.4. The summed E-state index contributed by atoms with van der Waals surface area (Å²) in [6.45, 7) is 8.50. The zero-order chi connectivity index (χ0) is 21.5. The van der Waals surface area contributed by atoms with Gasteiger partial charge in [0.25, 0.3) is 5.91 Å². The van der Waals surface area contributed by atoms with E-state index in [0.717, 1.165) is 11.1 Å². The first-order chi connectivity index (χ1) is 14.5. The van der Waals surface area contributed by atoms with Gasteiger partial charge < -0.3 is 19.5 Å². The molecule has 8 nitrogen and oxygen atoms in total. The van der Waals surface area contributed by atoms with Crippen molar-refractivity contribution in [3.63, 3.8) is 0 Å². The molecule has 2 aromatic carbocycles. The molecule has 158 valence electrons. The van der Waals surface area contributed by atoms with E-state index in [2.05, 4.69) is 15.6 Å². The number of aromatic nitrogens is 2. The fraction of sp³-hybridized carbons (Fsp3) is 0.318. The van der Waals surface area contributed by atoms with Gasteiger partial charge in [-0.2, -0.15) is 0 Å². The van der Waals surface area contributed by atoms with Gasteiger partial charge in [0, 0.05) is 5.56 Å². The number of carbonyl (C=O) groups excluding carboxylic acids is 1. The Hall–Kier alpha value is -3.55. The van der Waals surface area contributed by atoms with Gasteiger partial charge in [-0.1, -0.05) is 18.2 Å². The first-order valence-electron chi connectivity index (χ1n) is 9.74. The summed E-state index contributed by atoms with van der Waals surface area (Å²) >= 11 is 0. The number of hydrogen-bond donors (Lipinski definition) is 1. The maximum atomic E-state index is 12.4. The number of ether oxygens (including phenoxy) is 3. The summed E-state index contributed by atoms with van der Waals surface area (Å²) in [5, 5.41) is 10.4. The Bertz CT molecular complexity index is 996. The zero-order valence-electron chi connectivity index (χ0n) is 17.5. The number of benzene rings is 2. The molecule has 1 heterocycles. The predicted octanol–water partition coefficient (Wildman–Crippen LogP) is 4.17. The summed E-state index contributed by atoms with van der Waals surface area (Å²) < 4.78 is 21.8. The number of rotatable bonds is 9. The van der Waals surface area contributed by atoms with Crippen molar-refractivity contribution in [1.29, 1.82) is 0 Å². The molecule has 1 aromatic heterocycles. The Morgan fingerprint density at radius 3 is 2.37 bits per heavy atom. The molecule has 30 heavy (non-hydrogen) atoms. The van der Waals surface area contributed by atoms with Gasteiger partial charge >= 0.3 is 0 Å². The van der Waals surface area contributed by atoms with Crippen LogP contribution in [0.2, 0.25) is 0 Å². The number of carbonyl (C=O) groups is 1. The third-order valence-electron chi connectivity index (χ3n) is 4.32. The second-order valence-corrected chi connectivity index (χ2v) is 6.55. The number of nitrogens with zero attached hydrogens (tertiary/aromatic N) is 2. The van der Waals surface area contributed by atoms with Crippen LogP contribution in [-0.4, -0.2) is 36.0 Å². The Kier molecular flexibility index (Phi) is 6.90. The van der Waals surface area contributed by atoms with E-state index in [1.54, 1.807) is 18.2 Å². The van der Waals surface area contributed by atoms with Crippen molar-refractivity contribution in [3.8, 4) is 28.5 Å². The molecular formula is C22H25N3O5. The molecule has 0 unspecified atom stereocenters. The Morgan fingerprint density at radius 1 is 0.967 bits per heavy atom. The second-order valence-electron chi connectivity index (χ2n) is 6.55. The lowest BCUT2D eigenvalue weighted by Crippen LogP contribution is -2.21. The van der Waals surface area contributed by atoms with E-state index in [1.165, 1.54) is 0 Å². The van der Waals surface area contributed by atoms with Gasteiger partial charge in [0.05, 0.1) is 13.2 Å². The lowest BCUT2D eigenvalue weighted by atomic mass is 10.1. The highest BCUT2D eigenvalue weighted by molar-refractivity contribution is 5.94. The van der Waals surface area contributed by atoms with Gasteiger partial charge in [-0.05, 0) is 67.3 Å². The van der Waals surface area contributed by atoms with E-state index in [0.29, 0.717) is 41.7 Å².